The number of hydrogen-bond donors (Lipinski definition) is 1. The molecule has 1 atom stereocenters. The largest absolute Gasteiger partial charge is 0.497 e. The maximum atomic E-state index is 14.0. The Morgan fingerprint density at radius 3 is 2.07 bits per heavy atom. The fourth-order valence-electron chi connectivity index (χ4n) is 4.08. The van der Waals surface area contributed by atoms with Gasteiger partial charge in [-0.05, 0) is 80.1 Å². The Bertz CT molecular complexity index is 1410. The molecule has 10 heteroatoms. The van der Waals surface area contributed by atoms with Crippen molar-refractivity contribution >= 4 is 39.3 Å². The molecule has 1 unspecified atom stereocenters. The minimum Gasteiger partial charge on any atom is -0.497 e. The first-order valence-corrected chi connectivity index (χ1v) is 16.1. The predicted octanol–water partition coefficient (Wildman–Crippen LogP) is 5.11. The molecule has 0 saturated heterocycles. The molecule has 41 heavy (non-hydrogen) atoms. The smallest absolute Gasteiger partial charge is 0.264 e. The van der Waals surface area contributed by atoms with Gasteiger partial charge in [-0.1, -0.05) is 43.7 Å². The van der Waals surface area contributed by atoms with Gasteiger partial charge in [-0.15, -0.1) is 11.8 Å². The molecule has 0 heterocycles. The van der Waals surface area contributed by atoms with E-state index in [0.717, 1.165) is 20.3 Å². The van der Waals surface area contributed by atoms with E-state index >= 15 is 0 Å². The quantitative estimate of drug-likeness (QED) is 0.275. The maximum Gasteiger partial charge on any atom is 0.264 e. The van der Waals surface area contributed by atoms with E-state index in [9.17, 15) is 18.0 Å². The van der Waals surface area contributed by atoms with E-state index in [-0.39, 0.29) is 23.3 Å². The minimum absolute atomic E-state index is 0.0769. The van der Waals surface area contributed by atoms with Gasteiger partial charge in [-0.25, -0.2) is 8.42 Å². The number of rotatable bonds is 13. The number of carbonyl (C=O) groups is 2. The second-order valence-corrected chi connectivity index (χ2v) is 12.9. The standard InChI is InChI=1S/C31H39N3O5S2/c1-22(2)19-32-31(36)24(4)33(20-25-9-13-27(39-5)14-10-25)30(35)21-34(26-11-7-23(3)8-12-26)41(37,38)29-17-15-28(40-6)16-18-29/h7-18,22,24H,19-21H2,1-6H3,(H,32,36). The lowest BCUT2D eigenvalue weighted by Crippen LogP contribution is -2.51. The Labute approximate surface area is 248 Å². The van der Waals surface area contributed by atoms with Crippen LogP contribution in [0.2, 0.25) is 0 Å². The van der Waals surface area contributed by atoms with Crippen molar-refractivity contribution in [3.05, 3.63) is 83.9 Å². The summed E-state index contributed by atoms with van der Waals surface area (Å²) in [7, 11) is -2.54. The van der Waals surface area contributed by atoms with E-state index in [1.165, 1.54) is 16.7 Å². The van der Waals surface area contributed by atoms with E-state index in [0.29, 0.717) is 18.0 Å². The molecule has 220 valence electrons. The number of ether oxygens (including phenoxy) is 1. The van der Waals surface area contributed by atoms with Crippen LogP contribution < -0.4 is 14.4 Å². The van der Waals surface area contributed by atoms with Crippen LogP contribution in [0.3, 0.4) is 0 Å². The van der Waals surface area contributed by atoms with Crippen molar-refractivity contribution in [1.82, 2.24) is 10.2 Å². The van der Waals surface area contributed by atoms with Gasteiger partial charge >= 0.3 is 0 Å². The van der Waals surface area contributed by atoms with Crippen molar-refractivity contribution in [2.45, 2.75) is 50.1 Å². The number of amides is 2. The van der Waals surface area contributed by atoms with Gasteiger partial charge in [0, 0.05) is 18.0 Å². The van der Waals surface area contributed by atoms with Gasteiger partial charge in [0.15, 0.2) is 0 Å². The first-order valence-electron chi connectivity index (χ1n) is 13.4. The third-order valence-corrected chi connectivity index (χ3v) is 9.14. The summed E-state index contributed by atoms with van der Waals surface area (Å²) in [5.41, 5.74) is 2.09. The third kappa shape index (κ3) is 8.50. The summed E-state index contributed by atoms with van der Waals surface area (Å²) in [5.74, 6) is 0.0888. The zero-order chi connectivity index (χ0) is 30.2. The van der Waals surface area contributed by atoms with Gasteiger partial charge in [0.1, 0.15) is 18.3 Å². The molecule has 0 bridgehead atoms. The Morgan fingerprint density at radius 2 is 1.54 bits per heavy atom. The summed E-state index contributed by atoms with van der Waals surface area (Å²) in [5, 5.41) is 2.89. The summed E-state index contributed by atoms with van der Waals surface area (Å²) in [6.45, 7) is 7.63. The fourth-order valence-corrected chi connectivity index (χ4v) is 5.90. The molecule has 1 N–H and O–H groups in total. The highest BCUT2D eigenvalue weighted by molar-refractivity contribution is 7.98. The normalized spacial score (nSPS) is 12.1. The highest BCUT2D eigenvalue weighted by Gasteiger charge is 2.32. The van der Waals surface area contributed by atoms with Crippen LogP contribution in [0.4, 0.5) is 5.69 Å². The van der Waals surface area contributed by atoms with E-state index in [1.54, 1.807) is 74.7 Å². The Balaban J connectivity index is 2.00. The van der Waals surface area contributed by atoms with Gasteiger partial charge in [0.2, 0.25) is 11.8 Å². The predicted molar refractivity (Wildman–Crippen MR) is 165 cm³/mol. The van der Waals surface area contributed by atoms with Crippen LogP contribution in [0.25, 0.3) is 0 Å². The second kappa shape index (κ2) is 14.4. The molecule has 3 rings (SSSR count). The molecule has 2 amide bonds. The molecule has 3 aromatic rings. The van der Waals surface area contributed by atoms with Crippen molar-refractivity contribution in [1.29, 1.82) is 0 Å². The van der Waals surface area contributed by atoms with Crippen LogP contribution in [0.1, 0.15) is 31.9 Å². The number of benzene rings is 3. The average Bonchev–Trinajstić information content (AvgIpc) is 2.97. The molecule has 0 spiro atoms. The van der Waals surface area contributed by atoms with Gasteiger partial charge in [0.25, 0.3) is 10.0 Å². The van der Waals surface area contributed by atoms with E-state index in [1.807, 2.05) is 39.2 Å². The first kappa shape index (κ1) is 32.0. The molecule has 0 aliphatic carbocycles. The summed E-state index contributed by atoms with van der Waals surface area (Å²) in [6.07, 6.45) is 1.91. The van der Waals surface area contributed by atoms with Gasteiger partial charge in [-0.3, -0.25) is 13.9 Å². The third-order valence-electron chi connectivity index (χ3n) is 6.61. The topological polar surface area (TPSA) is 96.0 Å². The Hall–Kier alpha value is -3.50. The van der Waals surface area contributed by atoms with Crippen LogP contribution in [0.15, 0.2) is 82.6 Å². The number of hydrogen-bond acceptors (Lipinski definition) is 6. The van der Waals surface area contributed by atoms with E-state index < -0.39 is 28.5 Å². The molecule has 0 aliphatic rings. The van der Waals surface area contributed by atoms with Gasteiger partial charge in [0.05, 0.1) is 17.7 Å². The highest BCUT2D eigenvalue weighted by Crippen LogP contribution is 2.26. The number of nitrogens with one attached hydrogen (secondary N) is 1. The molecular formula is C31H39N3O5S2. The van der Waals surface area contributed by atoms with Crippen molar-refractivity contribution in [2.24, 2.45) is 5.92 Å². The first-order chi connectivity index (χ1) is 19.5. The summed E-state index contributed by atoms with van der Waals surface area (Å²) in [6, 6.07) is 19.9. The van der Waals surface area contributed by atoms with E-state index in [2.05, 4.69) is 5.32 Å². The van der Waals surface area contributed by atoms with Crippen LogP contribution >= 0.6 is 11.8 Å². The van der Waals surface area contributed by atoms with Crippen molar-refractivity contribution < 1.29 is 22.7 Å². The number of methoxy groups -OCH3 is 1. The summed E-state index contributed by atoms with van der Waals surface area (Å²) in [4.78, 5) is 29.5. The molecule has 0 fully saturated rings. The zero-order valence-corrected chi connectivity index (χ0v) is 26.1. The number of carbonyl (C=O) groups excluding carboxylic acids is 2. The van der Waals surface area contributed by atoms with Crippen molar-refractivity contribution in [3.8, 4) is 5.75 Å². The number of thioether (sulfide) groups is 1. The molecule has 0 aromatic heterocycles. The summed E-state index contributed by atoms with van der Waals surface area (Å²) < 4.78 is 34.2. The lowest BCUT2D eigenvalue weighted by Gasteiger charge is -2.32. The molecule has 0 radical (unpaired) electrons. The molecular weight excluding hydrogens is 558 g/mol. The number of nitrogens with zero attached hydrogens (tertiary/aromatic N) is 2. The van der Waals surface area contributed by atoms with Crippen LogP contribution in [0.5, 0.6) is 5.75 Å². The Kier molecular flexibility index (Phi) is 11.3. The minimum atomic E-state index is -4.11. The lowest BCUT2D eigenvalue weighted by atomic mass is 10.1. The monoisotopic (exact) mass is 597 g/mol. The average molecular weight is 598 g/mol. The molecule has 0 saturated carbocycles. The van der Waals surface area contributed by atoms with Crippen molar-refractivity contribution in [3.63, 3.8) is 0 Å². The Morgan fingerprint density at radius 1 is 0.927 bits per heavy atom. The van der Waals surface area contributed by atoms with E-state index in [4.69, 9.17) is 4.74 Å². The van der Waals surface area contributed by atoms with Crippen LogP contribution in [-0.2, 0) is 26.2 Å². The zero-order valence-electron chi connectivity index (χ0n) is 24.5. The number of sulfonamides is 1. The second-order valence-electron chi connectivity index (χ2n) is 10.2. The summed E-state index contributed by atoms with van der Waals surface area (Å²) >= 11 is 1.51. The fraction of sp³-hybridized carbons (Fsp3) is 0.355. The SMILES string of the molecule is COc1ccc(CN(C(=O)CN(c2ccc(C)cc2)S(=O)(=O)c2ccc(SC)cc2)C(C)C(=O)NCC(C)C)cc1. The van der Waals surface area contributed by atoms with Gasteiger partial charge < -0.3 is 15.0 Å². The molecule has 8 nitrogen and oxygen atoms in total. The van der Waals surface area contributed by atoms with Crippen molar-refractivity contribution in [2.75, 3.05) is 30.8 Å². The number of aryl methyl sites for hydroxylation is 1. The molecule has 3 aromatic carbocycles. The van der Waals surface area contributed by atoms with Crippen LogP contribution in [-0.4, -0.2) is 57.6 Å². The molecule has 0 aliphatic heterocycles. The highest BCUT2D eigenvalue weighted by atomic mass is 32.2. The lowest BCUT2D eigenvalue weighted by molar-refractivity contribution is -0.139. The van der Waals surface area contributed by atoms with Crippen LogP contribution in [0, 0.1) is 12.8 Å². The maximum absolute atomic E-state index is 14.0. The number of anilines is 1. The van der Waals surface area contributed by atoms with Gasteiger partial charge in [-0.2, -0.15) is 0 Å².